The Labute approximate surface area is 255 Å². The standard InChI is InChI=1S/C34H36N2O6S/c1-4-7-8-19-42-25-11-9-10-23(20-25)30-29(31(37)22-12-14-24(15-13-22)41-18-5-2)32(38)33(39)36(30)34-35-27-17-16-26(40-6-3)21-28(27)43-34/h9-17,20-21,30,37H,4-8,18-19H2,1-3H3. The maximum Gasteiger partial charge on any atom is 0.301 e. The lowest BCUT2D eigenvalue weighted by Crippen LogP contribution is -2.29. The summed E-state index contributed by atoms with van der Waals surface area (Å²) in [5.74, 6) is 0.182. The van der Waals surface area contributed by atoms with Gasteiger partial charge in [-0.1, -0.05) is 50.2 Å². The minimum atomic E-state index is -0.915. The summed E-state index contributed by atoms with van der Waals surface area (Å²) in [6.45, 7) is 7.72. The lowest BCUT2D eigenvalue weighted by molar-refractivity contribution is -0.132. The summed E-state index contributed by atoms with van der Waals surface area (Å²) in [6, 6.07) is 18.8. The molecule has 4 aromatic rings. The molecule has 1 aliphatic rings. The van der Waals surface area contributed by atoms with Crippen molar-refractivity contribution in [3.05, 3.63) is 83.4 Å². The molecular weight excluding hydrogens is 564 g/mol. The number of unbranched alkanes of at least 4 members (excludes halogenated alkanes) is 2. The van der Waals surface area contributed by atoms with E-state index in [2.05, 4.69) is 6.92 Å². The highest BCUT2D eigenvalue weighted by molar-refractivity contribution is 7.22. The van der Waals surface area contributed by atoms with E-state index in [0.29, 0.717) is 58.8 Å². The third-order valence-corrected chi connectivity index (χ3v) is 8.12. The van der Waals surface area contributed by atoms with Crippen LogP contribution in [0.5, 0.6) is 17.2 Å². The molecule has 224 valence electrons. The number of hydrogen-bond acceptors (Lipinski definition) is 8. The molecule has 2 heterocycles. The topological polar surface area (TPSA) is 98.2 Å². The van der Waals surface area contributed by atoms with Gasteiger partial charge in [-0.25, -0.2) is 4.98 Å². The van der Waals surface area contributed by atoms with Crippen LogP contribution in [0, 0.1) is 0 Å². The van der Waals surface area contributed by atoms with Crippen LogP contribution in [0.15, 0.2) is 72.3 Å². The van der Waals surface area contributed by atoms with Gasteiger partial charge in [0.05, 0.1) is 41.7 Å². The molecule has 0 saturated carbocycles. The molecule has 1 atom stereocenters. The molecule has 5 rings (SSSR count). The van der Waals surface area contributed by atoms with Gasteiger partial charge in [-0.3, -0.25) is 14.5 Å². The molecule has 1 aromatic heterocycles. The van der Waals surface area contributed by atoms with E-state index in [1.807, 2.05) is 56.3 Å². The van der Waals surface area contributed by atoms with Crippen molar-refractivity contribution in [1.29, 1.82) is 0 Å². The minimum absolute atomic E-state index is 0.00961. The largest absolute Gasteiger partial charge is 0.507 e. The predicted octanol–water partition coefficient (Wildman–Crippen LogP) is 7.68. The first-order valence-corrected chi connectivity index (χ1v) is 15.6. The SMILES string of the molecule is CCCCCOc1cccc(C2C(=C(O)c3ccc(OCCC)cc3)C(=O)C(=O)N2c2nc3ccc(OCC)cc3s2)c1. The fourth-order valence-electron chi connectivity index (χ4n) is 5.00. The van der Waals surface area contributed by atoms with Crippen molar-refractivity contribution in [2.75, 3.05) is 24.7 Å². The number of aliphatic hydroxyl groups is 1. The van der Waals surface area contributed by atoms with Crippen LogP contribution in [-0.4, -0.2) is 41.6 Å². The molecule has 0 bridgehead atoms. The highest BCUT2D eigenvalue weighted by atomic mass is 32.1. The van der Waals surface area contributed by atoms with E-state index in [4.69, 9.17) is 19.2 Å². The number of fused-ring (bicyclic) bond motifs is 1. The van der Waals surface area contributed by atoms with E-state index in [1.165, 1.54) is 16.2 Å². The number of aromatic nitrogens is 1. The van der Waals surface area contributed by atoms with Crippen LogP contribution in [0.3, 0.4) is 0 Å². The fraction of sp³-hybridized carbons (Fsp3) is 0.324. The van der Waals surface area contributed by atoms with Gasteiger partial charge < -0.3 is 19.3 Å². The van der Waals surface area contributed by atoms with Crippen molar-refractivity contribution < 1.29 is 28.9 Å². The van der Waals surface area contributed by atoms with Gasteiger partial charge in [0.25, 0.3) is 5.78 Å². The van der Waals surface area contributed by atoms with Crippen molar-refractivity contribution in [3.8, 4) is 17.2 Å². The van der Waals surface area contributed by atoms with Gasteiger partial charge in [0.2, 0.25) is 0 Å². The minimum Gasteiger partial charge on any atom is -0.507 e. The molecule has 1 saturated heterocycles. The second kappa shape index (κ2) is 13.7. The second-order valence-electron chi connectivity index (χ2n) is 10.2. The first-order valence-electron chi connectivity index (χ1n) is 14.8. The molecule has 43 heavy (non-hydrogen) atoms. The van der Waals surface area contributed by atoms with Gasteiger partial charge in [-0.05, 0) is 79.9 Å². The number of amides is 1. The normalized spacial score (nSPS) is 16.2. The highest BCUT2D eigenvalue weighted by Crippen LogP contribution is 2.45. The molecule has 1 amide bonds. The number of carbonyl (C=O) groups is 2. The Kier molecular flexibility index (Phi) is 9.61. The number of Topliss-reactive ketones (excluding diaryl/α,β-unsaturated/α-hetero) is 1. The van der Waals surface area contributed by atoms with Crippen LogP contribution in [0.1, 0.15) is 63.6 Å². The number of nitrogens with zero attached hydrogens (tertiary/aromatic N) is 2. The van der Waals surface area contributed by atoms with Gasteiger partial charge in [0.15, 0.2) is 5.13 Å². The zero-order valence-electron chi connectivity index (χ0n) is 24.7. The van der Waals surface area contributed by atoms with Gasteiger partial charge >= 0.3 is 5.91 Å². The molecule has 1 N–H and O–H groups in total. The summed E-state index contributed by atoms with van der Waals surface area (Å²) in [7, 11) is 0. The molecule has 1 aliphatic heterocycles. The number of hydrogen-bond donors (Lipinski definition) is 1. The van der Waals surface area contributed by atoms with Gasteiger partial charge in [-0.15, -0.1) is 0 Å². The van der Waals surface area contributed by atoms with E-state index in [1.54, 1.807) is 24.3 Å². The fourth-order valence-corrected chi connectivity index (χ4v) is 6.02. The van der Waals surface area contributed by atoms with Crippen molar-refractivity contribution in [3.63, 3.8) is 0 Å². The molecule has 1 fully saturated rings. The van der Waals surface area contributed by atoms with Crippen LogP contribution in [0.2, 0.25) is 0 Å². The number of ketones is 1. The number of anilines is 1. The number of aliphatic hydroxyl groups excluding tert-OH is 1. The third-order valence-electron chi connectivity index (χ3n) is 7.10. The summed E-state index contributed by atoms with van der Waals surface area (Å²) >= 11 is 1.29. The zero-order chi connectivity index (χ0) is 30.3. The quantitative estimate of drug-likeness (QED) is 0.0727. The number of thiazole rings is 1. The molecular formula is C34H36N2O6S. The van der Waals surface area contributed by atoms with E-state index in [-0.39, 0.29) is 11.3 Å². The van der Waals surface area contributed by atoms with Crippen LogP contribution in [0.4, 0.5) is 5.13 Å². The molecule has 8 nitrogen and oxygen atoms in total. The summed E-state index contributed by atoms with van der Waals surface area (Å²) in [5, 5.41) is 11.9. The third kappa shape index (κ3) is 6.51. The smallest absolute Gasteiger partial charge is 0.301 e. The Hall–Kier alpha value is -4.37. The highest BCUT2D eigenvalue weighted by Gasteiger charge is 2.48. The molecule has 0 spiro atoms. The van der Waals surface area contributed by atoms with Crippen LogP contribution in [0.25, 0.3) is 16.0 Å². The predicted molar refractivity (Wildman–Crippen MR) is 169 cm³/mol. The summed E-state index contributed by atoms with van der Waals surface area (Å²) in [4.78, 5) is 33.5. The van der Waals surface area contributed by atoms with E-state index in [9.17, 15) is 14.7 Å². The Balaban J connectivity index is 1.60. The van der Waals surface area contributed by atoms with E-state index >= 15 is 0 Å². The monoisotopic (exact) mass is 600 g/mol. The number of rotatable bonds is 13. The Morgan fingerprint density at radius 3 is 2.35 bits per heavy atom. The molecule has 9 heteroatoms. The van der Waals surface area contributed by atoms with Crippen LogP contribution >= 0.6 is 11.3 Å². The van der Waals surface area contributed by atoms with Crippen molar-refractivity contribution >= 4 is 44.1 Å². The first kappa shape index (κ1) is 30.1. The Bertz CT molecular complexity index is 1630. The zero-order valence-corrected chi connectivity index (χ0v) is 25.5. The van der Waals surface area contributed by atoms with Gasteiger partial charge in [0.1, 0.15) is 23.0 Å². The number of ether oxygens (including phenoxy) is 3. The molecule has 0 radical (unpaired) electrons. The van der Waals surface area contributed by atoms with Crippen molar-refractivity contribution in [1.82, 2.24) is 4.98 Å². The lowest BCUT2D eigenvalue weighted by Gasteiger charge is -2.23. The molecule has 0 aliphatic carbocycles. The van der Waals surface area contributed by atoms with Gasteiger partial charge in [0, 0.05) is 5.56 Å². The summed E-state index contributed by atoms with van der Waals surface area (Å²) < 4.78 is 18.1. The summed E-state index contributed by atoms with van der Waals surface area (Å²) in [6.07, 6.45) is 3.93. The van der Waals surface area contributed by atoms with Crippen molar-refractivity contribution in [2.24, 2.45) is 0 Å². The number of benzene rings is 3. The van der Waals surface area contributed by atoms with Crippen molar-refractivity contribution in [2.45, 2.75) is 52.5 Å². The van der Waals surface area contributed by atoms with Crippen LogP contribution < -0.4 is 19.1 Å². The Morgan fingerprint density at radius 2 is 1.60 bits per heavy atom. The maximum atomic E-state index is 13.7. The maximum absolute atomic E-state index is 13.7. The average molecular weight is 601 g/mol. The Morgan fingerprint density at radius 1 is 0.860 bits per heavy atom. The molecule has 1 unspecified atom stereocenters. The lowest BCUT2D eigenvalue weighted by atomic mass is 9.95. The number of carbonyl (C=O) groups excluding carboxylic acids is 2. The second-order valence-corrected chi connectivity index (χ2v) is 11.2. The van der Waals surface area contributed by atoms with Gasteiger partial charge in [-0.2, -0.15) is 0 Å². The molecule has 3 aromatic carbocycles. The summed E-state index contributed by atoms with van der Waals surface area (Å²) in [5.41, 5.74) is 1.71. The average Bonchev–Trinajstić information content (AvgIpc) is 3.56. The first-order chi connectivity index (χ1) is 20.9. The van der Waals surface area contributed by atoms with E-state index < -0.39 is 17.7 Å². The van der Waals surface area contributed by atoms with E-state index in [0.717, 1.165) is 30.4 Å². The van der Waals surface area contributed by atoms with Crippen LogP contribution in [-0.2, 0) is 9.59 Å².